The Morgan fingerprint density at radius 3 is 2.75 bits per heavy atom. The summed E-state index contributed by atoms with van der Waals surface area (Å²) in [7, 11) is 0. The molecule has 2 aromatic rings. The lowest BCUT2D eigenvalue weighted by Gasteiger charge is -2.01. The zero-order chi connectivity index (χ0) is 14.9. The summed E-state index contributed by atoms with van der Waals surface area (Å²) >= 11 is 5.63. The zero-order valence-electron chi connectivity index (χ0n) is 9.79. The Morgan fingerprint density at radius 1 is 1.55 bits per heavy atom. The predicted octanol–water partition coefficient (Wildman–Crippen LogP) is 2.33. The number of rotatable bonds is 4. The average Bonchev–Trinajstić information content (AvgIpc) is 2.70. The van der Waals surface area contributed by atoms with Crippen molar-refractivity contribution in [1.29, 1.82) is 0 Å². The standard InChI is InChI=1S/C11H7ClFN3O4/c12-8-5-15(14-10(8)16(19)20)4-6-1-2-7(11(17)18)9(13)3-6/h1-3,5H,4H2,(H,17,18). The van der Waals surface area contributed by atoms with Gasteiger partial charge < -0.3 is 15.2 Å². The van der Waals surface area contributed by atoms with Gasteiger partial charge in [0.2, 0.25) is 0 Å². The number of aromatic carboxylic acids is 1. The number of benzene rings is 1. The summed E-state index contributed by atoms with van der Waals surface area (Å²) in [5.41, 5.74) is -0.0419. The Morgan fingerprint density at radius 2 is 2.25 bits per heavy atom. The second-order valence-electron chi connectivity index (χ2n) is 3.87. The quantitative estimate of drug-likeness (QED) is 0.690. The molecular weight excluding hydrogens is 293 g/mol. The van der Waals surface area contributed by atoms with E-state index in [9.17, 15) is 19.3 Å². The topological polar surface area (TPSA) is 98.3 Å². The van der Waals surface area contributed by atoms with E-state index in [1.165, 1.54) is 16.9 Å². The molecule has 0 unspecified atom stereocenters. The van der Waals surface area contributed by atoms with Gasteiger partial charge >= 0.3 is 11.8 Å². The largest absolute Gasteiger partial charge is 0.478 e. The van der Waals surface area contributed by atoms with Gasteiger partial charge in [0.15, 0.2) is 5.02 Å². The van der Waals surface area contributed by atoms with Gasteiger partial charge in [0, 0.05) is 0 Å². The van der Waals surface area contributed by atoms with Crippen LogP contribution in [-0.2, 0) is 6.54 Å². The molecule has 0 aliphatic rings. The van der Waals surface area contributed by atoms with E-state index >= 15 is 0 Å². The van der Waals surface area contributed by atoms with Crippen LogP contribution in [0.5, 0.6) is 0 Å². The fraction of sp³-hybridized carbons (Fsp3) is 0.0909. The number of carboxylic acids is 1. The Balaban J connectivity index is 2.26. The number of hydrogen-bond donors (Lipinski definition) is 1. The van der Waals surface area contributed by atoms with Crippen molar-refractivity contribution in [2.45, 2.75) is 6.54 Å². The first-order valence-corrected chi connectivity index (χ1v) is 5.65. The molecule has 20 heavy (non-hydrogen) atoms. The van der Waals surface area contributed by atoms with Gasteiger partial charge in [-0.25, -0.2) is 9.18 Å². The highest BCUT2D eigenvalue weighted by Crippen LogP contribution is 2.22. The molecule has 1 aromatic carbocycles. The maximum atomic E-state index is 13.5. The third-order valence-electron chi connectivity index (χ3n) is 2.48. The number of carboxylic acid groups (broad SMARTS) is 1. The van der Waals surface area contributed by atoms with E-state index in [0.29, 0.717) is 5.56 Å². The number of nitro groups is 1. The van der Waals surface area contributed by atoms with Crippen molar-refractivity contribution < 1.29 is 19.2 Å². The predicted molar refractivity (Wildman–Crippen MR) is 66.4 cm³/mol. The van der Waals surface area contributed by atoms with Crippen molar-refractivity contribution in [3.05, 3.63) is 56.5 Å². The maximum absolute atomic E-state index is 13.5. The van der Waals surface area contributed by atoms with Crippen molar-refractivity contribution in [3.63, 3.8) is 0 Å². The summed E-state index contributed by atoms with van der Waals surface area (Å²) in [5, 5.41) is 22.8. The van der Waals surface area contributed by atoms with E-state index in [4.69, 9.17) is 16.7 Å². The molecule has 0 spiro atoms. The molecule has 0 saturated carbocycles. The number of carbonyl (C=O) groups is 1. The number of halogens is 2. The minimum Gasteiger partial charge on any atom is -0.478 e. The smallest absolute Gasteiger partial charge is 0.408 e. The molecule has 0 fully saturated rings. The van der Waals surface area contributed by atoms with Crippen LogP contribution in [-0.4, -0.2) is 25.8 Å². The van der Waals surface area contributed by atoms with E-state index in [1.54, 1.807) is 0 Å². The van der Waals surface area contributed by atoms with Gasteiger partial charge in [0.25, 0.3) is 0 Å². The molecule has 0 aliphatic carbocycles. The second kappa shape index (κ2) is 5.25. The van der Waals surface area contributed by atoms with Gasteiger partial charge in [-0.05, 0) is 22.6 Å². The van der Waals surface area contributed by atoms with E-state index < -0.39 is 28.1 Å². The van der Waals surface area contributed by atoms with E-state index in [-0.39, 0.29) is 11.6 Å². The van der Waals surface area contributed by atoms with Gasteiger partial charge in [-0.1, -0.05) is 17.7 Å². The summed E-state index contributed by atoms with van der Waals surface area (Å²) < 4.78 is 14.6. The first kappa shape index (κ1) is 13.9. The molecule has 0 atom stereocenters. The number of aromatic nitrogens is 2. The number of hydrogen-bond acceptors (Lipinski definition) is 4. The second-order valence-corrected chi connectivity index (χ2v) is 4.28. The summed E-state index contributed by atoms with van der Waals surface area (Å²) in [6, 6.07) is 3.55. The molecule has 9 heteroatoms. The molecule has 2 rings (SSSR count). The van der Waals surface area contributed by atoms with Crippen LogP contribution in [0.3, 0.4) is 0 Å². The Labute approximate surface area is 116 Å². The Hall–Kier alpha value is -2.48. The highest BCUT2D eigenvalue weighted by Gasteiger charge is 2.19. The molecule has 104 valence electrons. The molecule has 0 aliphatic heterocycles. The summed E-state index contributed by atoms with van der Waals surface area (Å²) in [6.45, 7) is 0.0321. The first-order valence-electron chi connectivity index (χ1n) is 5.27. The van der Waals surface area contributed by atoms with E-state index in [2.05, 4.69) is 5.10 Å². The third kappa shape index (κ3) is 2.75. The highest BCUT2D eigenvalue weighted by atomic mass is 35.5. The van der Waals surface area contributed by atoms with Crippen molar-refractivity contribution in [2.75, 3.05) is 0 Å². The van der Waals surface area contributed by atoms with Gasteiger partial charge in [-0.3, -0.25) is 0 Å². The third-order valence-corrected chi connectivity index (χ3v) is 2.75. The fourth-order valence-corrected chi connectivity index (χ4v) is 1.83. The van der Waals surface area contributed by atoms with Gasteiger partial charge in [0.05, 0.1) is 23.4 Å². The lowest BCUT2D eigenvalue weighted by Crippen LogP contribution is -2.05. The zero-order valence-corrected chi connectivity index (χ0v) is 10.5. The fourth-order valence-electron chi connectivity index (χ4n) is 1.61. The van der Waals surface area contributed by atoms with Crippen LogP contribution in [0.15, 0.2) is 24.4 Å². The normalized spacial score (nSPS) is 10.5. The Kier molecular flexibility index (Phi) is 3.66. The molecule has 1 N–H and O–H groups in total. The molecule has 0 amide bonds. The van der Waals surface area contributed by atoms with Crippen molar-refractivity contribution in [3.8, 4) is 0 Å². The van der Waals surface area contributed by atoms with Crippen LogP contribution >= 0.6 is 11.6 Å². The molecule has 0 radical (unpaired) electrons. The van der Waals surface area contributed by atoms with Crippen LogP contribution in [0.1, 0.15) is 15.9 Å². The molecule has 1 aromatic heterocycles. The molecule has 7 nitrogen and oxygen atoms in total. The van der Waals surface area contributed by atoms with Crippen LogP contribution in [0.4, 0.5) is 10.2 Å². The SMILES string of the molecule is O=C(O)c1ccc(Cn2cc(Cl)c([N+](=O)[O-])n2)cc1F. The summed E-state index contributed by atoms with van der Waals surface area (Å²) in [6.07, 6.45) is 1.24. The molecule has 0 saturated heterocycles. The van der Waals surface area contributed by atoms with Crippen LogP contribution in [0.2, 0.25) is 5.02 Å². The summed E-state index contributed by atoms with van der Waals surface area (Å²) in [4.78, 5) is 20.5. The minimum atomic E-state index is -1.37. The average molecular weight is 300 g/mol. The summed E-state index contributed by atoms with van der Waals surface area (Å²) in [5.74, 6) is -2.75. The van der Waals surface area contributed by atoms with Crippen LogP contribution < -0.4 is 0 Å². The lowest BCUT2D eigenvalue weighted by atomic mass is 10.1. The van der Waals surface area contributed by atoms with Crippen molar-refractivity contribution in [1.82, 2.24) is 9.78 Å². The Bertz CT molecular complexity index is 701. The molecular formula is C11H7ClFN3O4. The van der Waals surface area contributed by atoms with Gasteiger partial charge in [0.1, 0.15) is 5.82 Å². The monoisotopic (exact) mass is 299 g/mol. The van der Waals surface area contributed by atoms with Gasteiger partial charge in [-0.2, -0.15) is 4.68 Å². The van der Waals surface area contributed by atoms with Crippen molar-refractivity contribution in [2.24, 2.45) is 0 Å². The number of nitrogens with zero attached hydrogens (tertiary/aromatic N) is 3. The molecule has 1 heterocycles. The first-order chi connectivity index (χ1) is 9.38. The van der Waals surface area contributed by atoms with Crippen molar-refractivity contribution >= 4 is 23.4 Å². The highest BCUT2D eigenvalue weighted by molar-refractivity contribution is 6.32. The maximum Gasteiger partial charge on any atom is 0.408 e. The minimum absolute atomic E-state index is 0.0321. The van der Waals surface area contributed by atoms with Crippen LogP contribution in [0.25, 0.3) is 0 Å². The molecule has 0 bridgehead atoms. The van der Waals surface area contributed by atoms with E-state index in [0.717, 1.165) is 12.1 Å². The van der Waals surface area contributed by atoms with E-state index in [1.807, 2.05) is 0 Å². The lowest BCUT2D eigenvalue weighted by molar-refractivity contribution is -0.389. The van der Waals surface area contributed by atoms with Crippen LogP contribution in [0, 0.1) is 15.9 Å². The van der Waals surface area contributed by atoms with Gasteiger partial charge in [-0.15, -0.1) is 0 Å².